The molecule has 2 amide bonds. The largest absolute Gasteiger partial charge is 0.382 e. The van der Waals surface area contributed by atoms with Crippen molar-refractivity contribution in [3.05, 3.63) is 0 Å². The summed E-state index contributed by atoms with van der Waals surface area (Å²) < 4.78 is 5.32. The monoisotopic (exact) mass is 284 g/mol. The van der Waals surface area contributed by atoms with Gasteiger partial charge in [0.05, 0.1) is 0 Å². The molecule has 1 rings (SSSR count). The van der Waals surface area contributed by atoms with E-state index in [0.29, 0.717) is 32.6 Å². The Balaban J connectivity index is 2.79. The molecule has 1 aliphatic rings. The van der Waals surface area contributed by atoms with Crippen LogP contribution in [0.3, 0.4) is 0 Å². The Morgan fingerprint density at radius 2 is 2.00 bits per heavy atom. The van der Waals surface area contributed by atoms with E-state index >= 15 is 0 Å². The number of nitrogens with one attached hydrogen (secondary N) is 1. The minimum absolute atomic E-state index is 0.0329. The van der Waals surface area contributed by atoms with Gasteiger partial charge in [-0.15, -0.1) is 0 Å². The number of carbonyl (C=O) groups excluding carboxylic acids is 2. The molecule has 5 nitrogen and oxygen atoms in total. The van der Waals surface area contributed by atoms with Crippen LogP contribution >= 0.6 is 0 Å². The Morgan fingerprint density at radius 3 is 2.55 bits per heavy atom. The summed E-state index contributed by atoms with van der Waals surface area (Å²) in [6.07, 6.45) is 2.97. The van der Waals surface area contributed by atoms with E-state index in [1.165, 1.54) is 0 Å². The Labute approximate surface area is 122 Å². The number of hydrogen-bond acceptors (Lipinski definition) is 3. The van der Waals surface area contributed by atoms with E-state index in [4.69, 9.17) is 4.74 Å². The predicted molar refractivity (Wildman–Crippen MR) is 78.4 cm³/mol. The summed E-state index contributed by atoms with van der Waals surface area (Å²) in [6.45, 7) is 9.65. The van der Waals surface area contributed by atoms with Gasteiger partial charge in [0.2, 0.25) is 11.8 Å². The van der Waals surface area contributed by atoms with Crippen molar-refractivity contribution < 1.29 is 14.3 Å². The summed E-state index contributed by atoms with van der Waals surface area (Å²) in [5.74, 6) is 0.0155. The average Bonchev–Trinajstić information content (AvgIpc) is 2.44. The van der Waals surface area contributed by atoms with Gasteiger partial charge in [0.25, 0.3) is 0 Å². The summed E-state index contributed by atoms with van der Waals surface area (Å²) in [5, 5.41) is 2.88. The molecule has 0 aromatic rings. The number of piperazine rings is 1. The molecule has 1 saturated heterocycles. The van der Waals surface area contributed by atoms with Gasteiger partial charge in [-0.3, -0.25) is 9.59 Å². The summed E-state index contributed by atoms with van der Waals surface area (Å²) in [4.78, 5) is 26.7. The molecule has 0 aliphatic carbocycles. The summed E-state index contributed by atoms with van der Waals surface area (Å²) in [7, 11) is 0. The number of carbonyl (C=O) groups is 2. The van der Waals surface area contributed by atoms with Gasteiger partial charge in [0.15, 0.2) is 0 Å². The third kappa shape index (κ3) is 3.51. The molecule has 0 radical (unpaired) electrons. The smallest absolute Gasteiger partial charge is 0.246 e. The Bertz CT molecular complexity index is 346. The van der Waals surface area contributed by atoms with E-state index in [1.54, 1.807) is 4.90 Å². The first-order valence-corrected chi connectivity index (χ1v) is 7.71. The fourth-order valence-corrected chi connectivity index (χ4v) is 2.59. The van der Waals surface area contributed by atoms with Crippen LogP contribution in [-0.4, -0.2) is 48.1 Å². The molecule has 116 valence electrons. The first kappa shape index (κ1) is 17.0. The number of rotatable bonds is 8. The second kappa shape index (κ2) is 7.62. The highest BCUT2D eigenvalue weighted by atomic mass is 16.5. The maximum Gasteiger partial charge on any atom is 0.246 e. The average molecular weight is 284 g/mol. The van der Waals surface area contributed by atoms with Crippen molar-refractivity contribution in [2.75, 3.05) is 19.8 Å². The van der Waals surface area contributed by atoms with Crippen LogP contribution in [0.1, 0.15) is 53.4 Å². The standard InChI is InChI=1S/C15H28N2O3/c1-5-9-12-13(18)17(10-8-11-20-7-3)15(4,6-2)14(19)16-12/h12H,5-11H2,1-4H3,(H,16,19). The van der Waals surface area contributed by atoms with E-state index in [2.05, 4.69) is 5.32 Å². The molecule has 5 heteroatoms. The lowest BCUT2D eigenvalue weighted by Gasteiger charge is -2.46. The van der Waals surface area contributed by atoms with Crippen LogP contribution < -0.4 is 5.32 Å². The van der Waals surface area contributed by atoms with Crippen molar-refractivity contribution in [1.29, 1.82) is 0 Å². The normalized spacial score (nSPS) is 26.8. The molecular weight excluding hydrogens is 256 g/mol. The van der Waals surface area contributed by atoms with E-state index in [1.807, 2.05) is 27.7 Å². The van der Waals surface area contributed by atoms with E-state index in [-0.39, 0.29) is 17.9 Å². The summed E-state index contributed by atoms with van der Waals surface area (Å²) in [6, 6.07) is -0.362. The first-order valence-electron chi connectivity index (χ1n) is 7.71. The molecule has 1 heterocycles. The molecule has 0 spiro atoms. The van der Waals surface area contributed by atoms with Gasteiger partial charge in [0, 0.05) is 19.8 Å². The second-order valence-electron chi connectivity index (χ2n) is 5.48. The molecule has 0 aromatic carbocycles. The van der Waals surface area contributed by atoms with E-state index in [0.717, 1.165) is 12.8 Å². The van der Waals surface area contributed by atoms with Gasteiger partial charge in [-0.2, -0.15) is 0 Å². The predicted octanol–water partition coefficient (Wildman–Crippen LogP) is 1.71. The zero-order valence-corrected chi connectivity index (χ0v) is 13.2. The van der Waals surface area contributed by atoms with Crippen molar-refractivity contribution in [3.63, 3.8) is 0 Å². The highest BCUT2D eigenvalue weighted by Crippen LogP contribution is 2.26. The SMILES string of the molecule is CCCC1NC(=O)C(C)(CC)N(CCCOCC)C1=O. The lowest BCUT2D eigenvalue weighted by Crippen LogP contribution is -2.69. The molecule has 0 saturated carbocycles. The van der Waals surface area contributed by atoms with Crippen LogP contribution in [0.5, 0.6) is 0 Å². The van der Waals surface area contributed by atoms with Gasteiger partial charge in [0.1, 0.15) is 11.6 Å². The topological polar surface area (TPSA) is 58.6 Å². The molecule has 0 bridgehead atoms. The molecule has 1 aliphatic heterocycles. The van der Waals surface area contributed by atoms with Gasteiger partial charge in [-0.1, -0.05) is 20.3 Å². The highest BCUT2D eigenvalue weighted by molar-refractivity contribution is 5.99. The van der Waals surface area contributed by atoms with Crippen molar-refractivity contribution in [2.45, 2.75) is 65.0 Å². The molecular formula is C15H28N2O3. The summed E-state index contributed by atoms with van der Waals surface area (Å²) in [5.41, 5.74) is -0.729. The third-order valence-electron chi connectivity index (χ3n) is 4.09. The quantitative estimate of drug-likeness (QED) is 0.690. The fraction of sp³-hybridized carbons (Fsp3) is 0.867. The first-order chi connectivity index (χ1) is 9.51. The van der Waals surface area contributed by atoms with E-state index < -0.39 is 5.54 Å². The van der Waals surface area contributed by atoms with Crippen LogP contribution in [0.25, 0.3) is 0 Å². The number of nitrogens with zero attached hydrogens (tertiary/aromatic N) is 1. The van der Waals surface area contributed by atoms with Gasteiger partial charge in [-0.25, -0.2) is 0 Å². The van der Waals surface area contributed by atoms with Crippen molar-refractivity contribution >= 4 is 11.8 Å². The Kier molecular flexibility index (Phi) is 6.46. The zero-order valence-electron chi connectivity index (χ0n) is 13.2. The number of ether oxygens (including phenoxy) is 1. The number of amides is 2. The molecule has 1 N–H and O–H groups in total. The Hall–Kier alpha value is -1.10. The zero-order chi connectivity index (χ0) is 15.2. The van der Waals surface area contributed by atoms with Crippen LogP contribution in [0.4, 0.5) is 0 Å². The number of hydrogen-bond donors (Lipinski definition) is 1. The lowest BCUT2D eigenvalue weighted by atomic mass is 9.89. The third-order valence-corrected chi connectivity index (χ3v) is 4.09. The minimum Gasteiger partial charge on any atom is -0.382 e. The lowest BCUT2D eigenvalue weighted by molar-refractivity contribution is -0.157. The van der Waals surface area contributed by atoms with Crippen LogP contribution in [0, 0.1) is 0 Å². The van der Waals surface area contributed by atoms with Crippen molar-refractivity contribution in [3.8, 4) is 0 Å². The van der Waals surface area contributed by atoms with Crippen molar-refractivity contribution in [1.82, 2.24) is 10.2 Å². The molecule has 20 heavy (non-hydrogen) atoms. The molecule has 0 aromatic heterocycles. The fourth-order valence-electron chi connectivity index (χ4n) is 2.59. The van der Waals surface area contributed by atoms with Gasteiger partial charge >= 0.3 is 0 Å². The van der Waals surface area contributed by atoms with Crippen molar-refractivity contribution in [2.24, 2.45) is 0 Å². The van der Waals surface area contributed by atoms with Crippen LogP contribution in [0.15, 0.2) is 0 Å². The molecule has 2 unspecified atom stereocenters. The molecule has 2 atom stereocenters. The van der Waals surface area contributed by atoms with Gasteiger partial charge < -0.3 is 15.0 Å². The van der Waals surface area contributed by atoms with Crippen LogP contribution in [-0.2, 0) is 14.3 Å². The second-order valence-corrected chi connectivity index (χ2v) is 5.48. The summed E-state index contributed by atoms with van der Waals surface area (Å²) >= 11 is 0. The maximum atomic E-state index is 12.6. The Morgan fingerprint density at radius 1 is 1.30 bits per heavy atom. The van der Waals surface area contributed by atoms with Gasteiger partial charge in [-0.05, 0) is 33.1 Å². The van der Waals surface area contributed by atoms with E-state index in [9.17, 15) is 9.59 Å². The molecule has 1 fully saturated rings. The minimum atomic E-state index is -0.729. The maximum absolute atomic E-state index is 12.6. The van der Waals surface area contributed by atoms with Crippen LogP contribution in [0.2, 0.25) is 0 Å². The highest BCUT2D eigenvalue weighted by Gasteiger charge is 2.47.